The molecule has 2 N–H and O–H groups in total. The van der Waals surface area contributed by atoms with Crippen molar-refractivity contribution in [3.8, 4) is 0 Å². The predicted molar refractivity (Wildman–Crippen MR) is 70.3 cm³/mol. The van der Waals surface area contributed by atoms with Crippen molar-refractivity contribution in [2.45, 2.75) is 12.8 Å². The summed E-state index contributed by atoms with van der Waals surface area (Å²) in [6, 6.07) is 3.54. The number of hydrogen-bond donors (Lipinski definition) is 2. The molecule has 2 rings (SSSR count). The van der Waals surface area contributed by atoms with Crippen molar-refractivity contribution in [2.24, 2.45) is 0 Å². The highest BCUT2D eigenvalue weighted by Crippen LogP contribution is 2.18. The molecule has 5 nitrogen and oxygen atoms in total. The lowest BCUT2D eigenvalue weighted by molar-refractivity contribution is -0.136. The van der Waals surface area contributed by atoms with Crippen LogP contribution in [0.1, 0.15) is 21.8 Å². The number of amides is 1. The van der Waals surface area contributed by atoms with Gasteiger partial charge in [0.05, 0.1) is 17.0 Å². The largest absolute Gasteiger partial charge is 0.481 e. The van der Waals surface area contributed by atoms with E-state index in [-0.39, 0.29) is 12.3 Å². The Morgan fingerprint density at radius 3 is 2.89 bits per heavy atom. The van der Waals surface area contributed by atoms with Gasteiger partial charge in [0.1, 0.15) is 0 Å². The smallest absolute Gasteiger partial charge is 0.303 e. The second kappa shape index (κ2) is 5.74. The van der Waals surface area contributed by atoms with E-state index in [4.69, 9.17) is 5.11 Å². The zero-order valence-electron chi connectivity index (χ0n) is 9.25. The van der Waals surface area contributed by atoms with Crippen LogP contribution in [0.5, 0.6) is 0 Å². The number of carboxylic acid groups (broad SMARTS) is 1. The summed E-state index contributed by atoms with van der Waals surface area (Å²) in [5.41, 5.74) is 0.684. The quantitative estimate of drug-likeness (QED) is 0.883. The van der Waals surface area contributed by atoms with E-state index in [9.17, 15) is 9.59 Å². The van der Waals surface area contributed by atoms with Gasteiger partial charge in [0.25, 0.3) is 5.91 Å². The molecule has 2 heterocycles. The van der Waals surface area contributed by atoms with E-state index in [0.29, 0.717) is 22.1 Å². The summed E-state index contributed by atoms with van der Waals surface area (Å²) in [5.74, 6) is -1.05. The van der Waals surface area contributed by atoms with Gasteiger partial charge in [0.15, 0.2) is 5.13 Å². The van der Waals surface area contributed by atoms with Crippen molar-refractivity contribution in [1.82, 2.24) is 4.98 Å². The molecule has 0 aromatic carbocycles. The number of aryl methyl sites for hydroxylation is 1. The lowest BCUT2D eigenvalue weighted by Crippen LogP contribution is -2.09. The van der Waals surface area contributed by atoms with E-state index in [1.807, 2.05) is 5.38 Å². The van der Waals surface area contributed by atoms with E-state index < -0.39 is 5.97 Å². The van der Waals surface area contributed by atoms with Crippen molar-refractivity contribution < 1.29 is 14.7 Å². The molecule has 0 spiro atoms. The Bertz CT molecular complexity index is 548. The summed E-state index contributed by atoms with van der Waals surface area (Å²) in [5, 5.41) is 15.3. The molecule has 7 heteroatoms. The Morgan fingerprint density at radius 2 is 2.22 bits per heavy atom. The number of carboxylic acids is 1. The summed E-state index contributed by atoms with van der Waals surface area (Å²) in [6.07, 6.45) is 0.419. The molecule has 0 aliphatic carbocycles. The average Bonchev–Trinajstić information content (AvgIpc) is 2.97. The highest BCUT2D eigenvalue weighted by molar-refractivity contribution is 7.14. The molecule has 0 unspecified atom stereocenters. The normalized spacial score (nSPS) is 10.2. The Hall–Kier alpha value is -1.73. The maximum atomic E-state index is 11.7. The average molecular weight is 282 g/mol. The molecule has 0 radical (unpaired) electrons. The maximum Gasteiger partial charge on any atom is 0.303 e. The number of anilines is 1. The number of nitrogens with zero attached hydrogens (tertiary/aromatic N) is 1. The lowest BCUT2D eigenvalue weighted by Gasteiger charge is -1.97. The molecule has 2 aromatic rings. The number of carbonyl (C=O) groups is 2. The van der Waals surface area contributed by atoms with Gasteiger partial charge in [-0.2, -0.15) is 0 Å². The van der Waals surface area contributed by atoms with Gasteiger partial charge in [-0.05, 0) is 11.4 Å². The number of hydrogen-bond acceptors (Lipinski definition) is 5. The molecular weight excluding hydrogens is 272 g/mol. The summed E-state index contributed by atoms with van der Waals surface area (Å²) >= 11 is 2.65. The lowest BCUT2D eigenvalue weighted by atomic mass is 10.2. The highest BCUT2D eigenvalue weighted by atomic mass is 32.1. The van der Waals surface area contributed by atoms with Crippen LogP contribution in [0.15, 0.2) is 22.9 Å². The third kappa shape index (κ3) is 3.38. The molecule has 0 saturated carbocycles. The molecule has 94 valence electrons. The van der Waals surface area contributed by atoms with Crippen molar-refractivity contribution >= 4 is 39.7 Å². The van der Waals surface area contributed by atoms with Crippen LogP contribution >= 0.6 is 22.7 Å². The molecule has 0 atom stereocenters. The Kier molecular flexibility index (Phi) is 4.06. The number of aromatic nitrogens is 1. The Balaban J connectivity index is 1.94. The number of thiazole rings is 1. The van der Waals surface area contributed by atoms with Crippen LogP contribution in [0.4, 0.5) is 5.13 Å². The van der Waals surface area contributed by atoms with Gasteiger partial charge >= 0.3 is 5.97 Å². The summed E-state index contributed by atoms with van der Waals surface area (Å²) in [4.78, 5) is 26.9. The van der Waals surface area contributed by atoms with Crippen LogP contribution in [0.2, 0.25) is 0 Å². The molecule has 0 aliphatic rings. The van der Waals surface area contributed by atoms with E-state index in [1.165, 1.54) is 22.7 Å². The summed E-state index contributed by atoms with van der Waals surface area (Å²) in [7, 11) is 0. The molecule has 0 bridgehead atoms. The minimum Gasteiger partial charge on any atom is -0.481 e. The van der Waals surface area contributed by atoms with Crippen molar-refractivity contribution in [1.29, 1.82) is 0 Å². The Morgan fingerprint density at radius 1 is 1.39 bits per heavy atom. The number of rotatable bonds is 5. The molecule has 0 aliphatic heterocycles. The first-order valence-electron chi connectivity index (χ1n) is 5.16. The second-order valence-corrected chi connectivity index (χ2v) is 5.27. The fourth-order valence-corrected chi connectivity index (χ4v) is 2.64. The van der Waals surface area contributed by atoms with Gasteiger partial charge in [-0.15, -0.1) is 22.7 Å². The molecule has 0 saturated heterocycles. The fourth-order valence-electron chi connectivity index (χ4n) is 1.28. The van der Waals surface area contributed by atoms with E-state index in [2.05, 4.69) is 10.3 Å². The number of nitrogens with one attached hydrogen (secondary N) is 1. The second-order valence-electron chi connectivity index (χ2n) is 3.47. The minimum atomic E-state index is -0.854. The molecule has 18 heavy (non-hydrogen) atoms. The monoisotopic (exact) mass is 282 g/mol. The topological polar surface area (TPSA) is 79.3 Å². The molecular formula is C11H10N2O3S2. The highest BCUT2D eigenvalue weighted by Gasteiger charge is 2.10. The first-order valence-corrected chi connectivity index (χ1v) is 6.92. The van der Waals surface area contributed by atoms with Crippen LogP contribution in [0, 0.1) is 0 Å². The zero-order chi connectivity index (χ0) is 13.0. The van der Waals surface area contributed by atoms with Crippen LogP contribution < -0.4 is 5.32 Å². The van der Waals surface area contributed by atoms with Gasteiger partial charge < -0.3 is 5.11 Å². The fraction of sp³-hybridized carbons (Fsp3) is 0.182. The maximum absolute atomic E-state index is 11.7. The van der Waals surface area contributed by atoms with Crippen LogP contribution in [0.25, 0.3) is 0 Å². The Labute approximate surface area is 111 Å². The predicted octanol–water partition coefficient (Wildman–Crippen LogP) is 2.47. The van der Waals surface area contributed by atoms with Gasteiger partial charge in [0, 0.05) is 11.8 Å². The minimum absolute atomic E-state index is 0.0437. The number of aliphatic carboxylic acids is 1. The SMILES string of the molecule is O=C(O)CCc1csc(NC(=O)c2cccs2)n1. The number of thiophene rings is 1. The molecule has 1 amide bonds. The van der Waals surface area contributed by atoms with Crippen LogP contribution in [-0.2, 0) is 11.2 Å². The first kappa shape index (κ1) is 12.7. The van der Waals surface area contributed by atoms with E-state index in [0.717, 1.165) is 0 Å². The van der Waals surface area contributed by atoms with E-state index in [1.54, 1.807) is 17.5 Å². The number of carbonyl (C=O) groups excluding carboxylic acids is 1. The molecule has 0 fully saturated rings. The summed E-state index contributed by atoms with van der Waals surface area (Å²) in [6.45, 7) is 0. The van der Waals surface area contributed by atoms with Crippen molar-refractivity contribution in [2.75, 3.05) is 5.32 Å². The van der Waals surface area contributed by atoms with Gasteiger partial charge in [-0.1, -0.05) is 6.07 Å². The standard InChI is InChI=1S/C11H10N2O3S2/c14-9(15)4-3-7-6-18-11(12-7)13-10(16)8-2-1-5-17-8/h1-2,5-6H,3-4H2,(H,14,15)(H,12,13,16). The van der Waals surface area contributed by atoms with Crippen molar-refractivity contribution in [3.05, 3.63) is 33.5 Å². The van der Waals surface area contributed by atoms with E-state index >= 15 is 0 Å². The first-order chi connectivity index (χ1) is 8.65. The van der Waals surface area contributed by atoms with Crippen LogP contribution in [-0.4, -0.2) is 22.0 Å². The summed E-state index contributed by atoms with van der Waals surface area (Å²) < 4.78 is 0. The van der Waals surface area contributed by atoms with Gasteiger partial charge in [-0.3, -0.25) is 14.9 Å². The van der Waals surface area contributed by atoms with Gasteiger partial charge in [-0.25, -0.2) is 4.98 Å². The third-order valence-corrected chi connectivity index (χ3v) is 3.79. The van der Waals surface area contributed by atoms with Crippen molar-refractivity contribution in [3.63, 3.8) is 0 Å². The van der Waals surface area contributed by atoms with Gasteiger partial charge in [0.2, 0.25) is 0 Å². The third-order valence-electron chi connectivity index (χ3n) is 2.11. The van der Waals surface area contributed by atoms with Crippen LogP contribution in [0.3, 0.4) is 0 Å². The zero-order valence-corrected chi connectivity index (χ0v) is 10.9. The molecule has 2 aromatic heterocycles.